The zero-order valence-electron chi connectivity index (χ0n) is 18.5. The first kappa shape index (κ1) is 22.0. The van der Waals surface area contributed by atoms with E-state index in [2.05, 4.69) is 5.32 Å². The van der Waals surface area contributed by atoms with Gasteiger partial charge in [0.2, 0.25) is 5.91 Å². The van der Waals surface area contributed by atoms with E-state index in [0.717, 1.165) is 9.78 Å². The van der Waals surface area contributed by atoms with Crippen LogP contribution in [0.3, 0.4) is 0 Å². The summed E-state index contributed by atoms with van der Waals surface area (Å²) in [6.45, 7) is 2.46. The van der Waals surface area contributed by atoms with Crippen molar-refractivity contribution >= 4 is 34.9 Å². The molecule has 1 aromatic heterocycles. The molecule has 2 aliphatic heterocycles. The van der Waals surface area contributed by atoms with Gasteiger partial charge in [-0.1, -0.05) is 36.4 Å². The number of amides is 4. The standard InChI is InChI=1S/C25H23N3O5S/c1-25(17-6-3-2-4-7-17)23(30)28(24(31)26-25)16-22(29)27(15-19-8-5-13-34-19)18-9-10-20-21(14-18)33-12-11-32-20/h2-10,13-14H,11-12,15-16H2,1H3,(H,26,31)/t25-/m0/s1. The minimum absolute atomic E-state index is 0.301. The van der Waals surface area contributed by atoms with Crippen molar-refractivity contribution in [1.82, 2.24) is 10.2 Å². The monoisotopic (exact) mass is 477 g/mol. The highest BCUT2D eigenvalue weighted by molar-refractivity contribution is 7.09. The van der Waals surface area contributed by atoms with E-state index in [9.17, 15) is 14.4 Å². The van der Waals surface area contributed by atoms with Crippen molar-refractivity contribution in [3.8, 4) is 11.5 Å². The van der Waals surface area contributed by atoms with Gasteiger partial charge in [0.05, 0.1) is 6.54 Å². The largest absolute Gasteiger partial charge is 0.486 e. The lowest BCUT2D eigenvalue weighted by Crippen LogP contribution is -2.44. The minimum atomic E-state index is -1.23. The van der Waals surface area contributed by atoms with Gasteiger partial charge in [0.25, 0.3) is 5.91 Å². The molecule has 2 aromatic carbocycles. The summed E-state index contributed by atoms with van der Waals surface area (Å²) in [6, 6.07) is 17.5. The summed E-state index contributed by atoms with van der Waals surface area (Å²) in [7, 11) is 0. The molecule has 0 saturated carbocycles. The molecule has 0 unspecified atom stereocenters. The number of urea groups is 1. The predicted octanol–water partition coefficient (Wildman–Crippen LogP) is 3.52. The fourth-order valence-corrected chi connectivity index (χ4v) is 4.80. The maximum Gasteiger partial charge on any atom is 0.325 e. The molecule has 1 N–H and O–H groups in total. The lowest BCUT2D eigenvalue weighted by molar-refractivity contribution is -0.134. The first-order valence-corrected chi connectivity index (χ1v) is 11.8. The van der Waals surface area contributed by atoms with E-state index in [1.807, 2.05) is 23.6 Å². The summed E-state index contributed by atoms with van der Waals surface area (Å²) in [5.41, 5.74) is 0.0277. The van der Waals surface area contributed by atoms with E-state index in [1.54, 1.807) is 54.3 Å². The highest BCUT2D eigenvalue weighted by Crippen LogP contribution is 2.35. The summed E-state index contributed by atoms with van der Waals surface area (Å²) < 4.78 is 11.3. The number of fused-ring (bicyclic) bond motifs is 1. The van der Waals surface area contributed by atoms with Crippen LogP contribution in [-0.4, -0.2) is 42.5 Å². The molecule has 1 atom stereocenters. The highest BCUT2D eigenvalue weighted by Gasteiger charge is 2.49. The van der Waals surface area contributed by atoms with Crippen LogP contribution in [0, 0.1) is 0 Å². The molecule has 3 aromatic rings. The van der Waals surface area contributed by atoms with Crippen molar-refractivity contribution in [2.45, 2.75) is 19.0 Å². The Morgan fingerprint density at radius 3 is 2.56 bits per heavy atom. The topological polar surface area (TPSA) is 88.2 Å². The number of thiophene rings is 1. The maximum absolute atomic E-state index is 13.5. The summed E-state index contributed by atoms with van der Waals surface area (Å²) in [5, 5.41) is 4.68. The fraction of sp³-hybridized carbons (Fsp3) is 0.240. The third-order valence-corrected chi connectivity index (χ3v) is 6.81. The molecule has 1 fully saturated rings. The van der Waals surface area contributed by atoms with Gasteiger partial charge < -0.3 is 19.7 Å². The number of nitrogens with zero attached hydrogens (tertiary/aromatic N) is 2. The SMILES string of the molecule is C[C@@]1(c2ccccc2)NC(=O)N(CC(=O)N(Cc2cccs2)c2ccc3c(c2)OCCO3)C1=O. The average molecular weight is 478 g/mol. The van der Waals surface area contributed by atoms with Crippen LogP contribution in [0.4, 0.5) is 10.5 Å². The molecule has 1 saturated heterocycles. The maximum atomic E-state index is 13.5. The Labute approximate surface area is 200 Å². The number of ether oxygens (including phenoxy) is 2. The van der Waals surface area contributed by atoms with Gasteiger partial charge >= 0.3 is 6.03 Å². The van der Waals surface area contributed by atoms with Gasteiger partial charge in [0.1, 0.15) is 25.3 Å². The minimum Gasteiger partial charge on any atom is -0.486 e. The molecule has 34 heavy (non-hydrogen) atoms. The van der Waals surface area contributed by atoms with Gasteiger partial charge in [-0.25, -0.2) is 4.79 Å². The zero-order chi connectivity index (χ0) is 23.7. The normalized spacial score (nSPS) is 19.1. The molecule has 9 heteroatoms. The smallest absolute Gasteiger partial charge is 0.325 e. The van der Waals surface area contributed by atoms with Crippen LogP contribution in [0.5, 0.6) is 11.5 Å². The fourth-order valence-electron chi connectivity index (χ4n) is 4.11. The van der Waals surface area contributed by atoms with Crippen molar-refractivity contribution in [1.29, 1.82) is 0 Å². The Balaban J connectivity index is 1.42. The van der Waals surface area contributed by atoms with Crippen LogP contribution < -0.4 is 19.7 Å². The van der Waals surface area contributed by atoms with E-state index < -0.39 is 17.5 Å². The van der Waals surface area contributed by atoms with E-state index in [-0.39, 0.29) is 12.5 Å². The molecule has 0 spiro atoms. The first-order valence-electron chi connectivity index (χ1n) is 10.9. The molecule has 8 nitrogen and oxygen atoms in total. The molecular formula is C25H23N3O5S. The van der Waals surface area contributed by atoms with Crippen LogP contribution in [0.1, 0.15) is 17.4 Å². The van der Waals surface area contributed by atoms with Crippen molar-refractivity contribution in [3.63, 3.8) is 0 Å². The van der Waals surface area contributed by atoms with Gasteiger partial charge in [0.15, 0.2) is 11.5 Å². The van der Waals surface area contributed by atoms with Crippen LogP contribution in [0.15, 0.2) is 66.0 Å². The molecule has 0 radical (unpaired) electrons. The third-order valence-electron chi connectivity index (χ3n) is 5.95. The third kappa shape index (κ3) is 3.99. The lowest BCUT2D eigenvalue weighted by Gasteiger charge is -2.27. The summed E-state index contributed by atoms with van der Waals surface area (Å²) in [4.78, 5) is 43.1. The Bertz CT molecular complexity index is 1230. The van der Waals surface area contributed by atoms with Crippen LogP contribution in [-0.2, 0) is 21.7 Å². The summed E-state index contributed by atoms with van der Waals surface area (Å²) in [6.07, 6.45) is 0. The number of hydrogen-bond acceptors (Lipinski definition) is 6. The van der Waals surface area contributed by atoms with Gasteiger partial charge in [0, 0.05) is 16.6 Å². The Kier molecular flexibility index (Phi) is 5.70. The Morgan fingerprint density at radius 2 is 1.82 bits per heavy atom. The number of carbonyl (C=O) groups excluding carboxylic acids is 3. The second-order valence-electron chi connectivity index (χ2n) is 8.20. The molecule has 3 heterocycles. The highest BCUT2D eigenvalue weighted by atomic mass is 32.1. The number of carbonyl (C=O) groups is 3. The summed E-state index contributed by atoms with van der Waals surface area (Å²) in [5.74, 6) is 0.326. The second kappa shape index (κ2) is 8.83. The number of nitrogens with one attached hydrogen (secondary N) is 1. The summed E-state index contributed by atoms with van der Waals surface area (Å²) >= 11 is 1.52. The van der Waals surface area contributed by atoms with Gasteiger partial charge in [-0.15, -0.1) is 11.3 Å². The van der Waals surface area contributed by atoms with Crippen LogP contribution in [0.25, 0.3) is 0 Å². The van der Waals surface area contributed by atoms with Crippen molar-refractivity contribution in [2.24, 2.45) is 0 Å². The van der Waals surface area contributed by atoms with Gasteiger partial charge in [-0.2, -0.15) is 0 Å². The number of anilines is 1. The van der Waals surface area contributed by atoms with Gasteiger partial charge in [-0.05, 0) is 36.1 Å². The number of benzene rings is 2. The van der Waals surface area contributed by atoms with E-state index >= 15 is 0 Å². The lowest BCUT2D eigenvalue weighted by atomic mass is 9.92. The first-order chi connectivity index (χ1) is 16.5. The molecule has 2 aliphatic rings. The molecule has 5 rings (SSSR count). The quantitative estimate of drug-likeness (QED) is 0.549. The number of rotatable bonds is 6. The van der Waals surface area contributed by atoms with Crippen molar-refractivity contribution in [2.75, 3.05) is 24.7 Å². The van der Waals surface area contributed by atoms with Crippen LogP contribution in [0.2, 0.25) is 0 Å². The zero-order valence-corrected chi connectivity index (χ0v) is 19.3. The van der Waals surface area contributed by atoms with E-state index in [4.69, 9.17) is 9.47 Å². The van der Waals surface area contributed by atoms with Gasteiger partial charge in [-0.3, -0.25) is 14.5 Å². The molecule has 0 bridgehead atoms. The Morgan fingerprint density at radius 1 is 1.06 bits per heavy atom. The second-order valence-corrected chi connectivity index (χ2v) is 9.23. The number of imide groups is 1. The average Bonchev–Trinajstić information content (AvgIpc) is 3.45. The predicted molar refractivity (Wildman–Crippen MR) is 127 cm³/mol. The molecular weight excluding hydrogens is 454 g/mol. The van der Waals surface area contributed by atoms with Crippen molar-refractivity contribution in [3.05, 3.63) is 76.5 Å². The van der Waals surface area contributed by atoms with E-state index in [1.165, 1.54) is 11.3 Å². The van der Waals surface area contributed by atoms with Crippen molar-refractivity contribution < 1.29 is 23.9 Å². The Hall–Kier alpha value is -3.85. The molecule has 174 valence electrons. The van der Waals surface area contributed by atoms with E-state index in [0.29, 0.717) is 42.5 Å². The molecule has 4 amide bonds. The number of hydrogen-bond donors (Lipinski definition) is 1. The van der Waals surface area contributed by atoms with Crippen LogP contribution >= 0.6 is 11.3 Å². The molecule has 0 aliphatic carbocycles.